The Morgan fingerprint density at radius 1 is 1.62 bits per heavy atom. The van der Waals surface area contributed by atoms with Crippen LogP contribution in [0.2, 0.25) is 0 Å². The van der Waals surface area contributed by atoms with Gasteiger partial charge in [0.1, 0.15) is 5.60 Å². The van der Waals surface area contributed by atoms with Gasteiger partial charge in [0.2, 0.25) is 5.91 Å². The highest BCUT2D eigenvalue weighted by molar-refractivity contribution is 5.97. The molecule has 90 valence electrons. The minimum atomic E-state index is -0.653. The Morgan fingerprint density at radius 3 is 2.75 bits per heavy atom. The van der Waals surface area contributed by atoms with Crippen LogP contribution in [0.15, 0.2) is 0 Å². The Bertz CT molecular complexity index is 342. The number of rotatable bonds is 1. The number of fused-ring (bicyclic) bond motifs is 1. The molecule has 1 aliphatic carbocycles. The predicted octanol–water partition coefficient (Wildman–Crippen LogP) is 0.905. The number of hydrogen-bond acceptors (Lipinski definition) is 4. The second-order valence-corrected chi connectivity index (χ2v) is 5.58. The molecule has 1 N–H and O–H groups in total. The second kappa shape index (κ2) is 3.20. The number of imide groups is 1. The van der Waals surface area contributed by atoms with E-state index in [0.717, 1.165) is 4.90 Å². The van der Waals surface area contributed by atoms with Crippen molar-refractivity contribution in [2.24, 2.45) is 5.92 Å². The molecular formula is C11H17NO4. The van der Waals surface area contributed by atoms with Crippen molar-refractivity contribution in [3.63, 3.8) is 0 Å². The Hall–Kier alpha value is -1.10. The van der Waals surface area contributed by atoms with E-state index in [4.69, 9.17) is 4.74 Å². The van der Waals surface area contributed by atoms with Crippen LogP contribution < -0.4 is 0 Å². The zero-order chi connectivity index (χ0) is 12.1. The molecule has 5 nitrogen and oxygen atoms in total. The first-order chi connectivity index (χ1) is 7.30. The lowest BCUT2D eigenvalue weighted by atomic mass is 10.2. The van der Waals surface area contributed by atoms with Crippen LogP contribution in [0.25, 0.3) is 0 Å². The highest BCUT2D eigenvalue weighted by atomic mass is 16.6. The molecule has 2 atom stereocenters. The van der Waals surface area contributed by atoms with Crippen molar-refractivity contribution >= 4 is 12.0 Å². The topological polar surface area (TPSA) is 66.8 Å². The molecule has 2 aliphatic rings. The second-order valence-electron chi connectivity index (χ2n) is 5.58. The molecule has 0 bridgehead atoms. The van der Waals surface area contributed by atoms with Gasteiger partial charge in [-0.25, -0.2) is 9.69 Å². The summed E-state index contributed by atoms with van der Waals surface area (Å²) in [5.74, 6) is -0.114. The van der Waals surface area contributed by atoms with Gasteiger partial charge in [0.15, 0.2) is 0 Å². The number of carbonyl (C=O) groups excluding carboxylic acids is 2. The zero-order valence-corrected chi connectivity index (χ0v) is 9.82. The number of nitrogens with zero attached hydrogens (tertiary/aromatic N) is 1. The van der Waals surface area contributed by atoms with Crippen molar-refractivity contribution in [1.29, 1.82) is 0 Å². The fourth-order valence-corrected chi connectivity index (χ4v) is 2.31. The smallest absolute Gasteiger partial charge is 0.417 e. The Balaban J connectivity index is 2.14. The molecule has 0 radical (unpaired) electrons. The third kappa shape index (κ3) is 1.59. The summed E-state index contributed by atoms with van der Waals surface area (Å²) in [6, 6.07) is 0. The van der Waals surface area contributed by atoms with E-state index in [1.54, 1.807) is 20.8 Å². The van der Waals surface area contributed by atoms with Crippen LogP contribution in [-0.4, -0.2) is 39.8 Å². The predicted molar refractivity (Wildman–Crippen MR) is 55.6 cm³/mol. The fourth-order valence-electron chi connectivity index (χ4n) is 2.31. The van der Waals surface area contributed by atoms with Crippen LogP contribution in [0.1, 0.15) is 33.6 Å². The van der Waals surface area contributed by atoms with E-state index in [2.05, 4.69) is 0 Å². The van der Waals surface area contributed by atoms with E-state index in [9.17, 15) is 14.7 Å². The summed E-state index contributed by atoms with van der Waals surface area (Å²) in [7, 11) is 0. The summed E-state index contributed by atoms with van der Waals surface area (Å²) in [4.78, 5) is 24.6. The van der Waals surface area contributed by atoms with Crippen molar-refractivity contribution < 1.29 is 19.4 Å². The number of carbonyl (C=O) groups is 2. The van der Waals surface area contributed by atoms with Gasteiger partial charge in [-0.3, -0.25) is 4.79 Å². The van der Waals surface area contributed by atoms with Gasteiger partial charge in [-0.2, -0.15) is 0 Å². The van der Waals surface area contributed by atoms with E-state index in [-0.39, 0.29) is 18.4 Å². The van der Waals surface area contributed by atoms with Crippen LogP contribution in [0.3, 0.4) is 0 Å². The number of amides is 2. The molecule has 0 aromatic carbocycles. The van der Waals surface area contributed by atoms with Crippen LogP contribution in [0.4, 0.5) is 4.79 Å². The molecule has 1 saturated carbocycles. The van der Waals surface area contributed by atoms with Crippen LogP contribution in [0, 0.1) is 5.92 Å². The number of aliphatic hydroxyl groups excluding tert-OH is 1. The maximum absolute atomic E-state index is 11.8. The standard InChI is InChI=1S/C11H17NO4/c1-10(2,3)16-9(15)12-8(14)4-7-5-11(7,12)6-13/h7,13H,4-6H2,1-3H3/t7-,11-/m1/s1. The van der Waals surface area contributed by atoms with Crippen LogP contribution in [0.5, 0.6) is 0 Å². The van der Waals surface area contributed by atoms with E-state index in [0.29, 0.717) is 12.8 Å². The lowest BCUT2D eigenvalue weighted by molar-refractivity contribution is -0.130. The van der Waals surface area contributed by atoms with Gasteiger partial charge in [0.05, 0.1) is 12.1 Å². The summed E-state index contributed by atoms with van der Waals surface area (Å²) in [5.41, 5.74) is -1.28. The van der Waals surface area contributed by atoms with Crippen LogP contribution >= 0.6 is 0 Å². The van der Waals surface area contributed by atoms with Gasteiger partial charge in [-0.15, -0.1) is 0 Å². The molecule has 0 unspecified atom stereocenters. The summed E-state index contributed by atoms with van der Waals surface area (Å²) < 4.78 is 5.17. The van der Waals surface area contributed by atoms with Gasteiger partial charge in [-0.05, 0) is 33.1 Å². The molecule has 16 heavy (non-hydrogen) atoms. The van der Waals surface area contributed by atoms with Gasteiger partial charge < -0.3 is 9.84 Å². The lowest BCUT2D eigenvalue weighted by Crippen LogP contribution is -2.47. The van der Waals surface area contributed by atoms with Gasteiger partial charge in [0.25, 0.3) is 0 Å². The quantitative estimate of drug-likeness (QED) is 0.723. The van der Waals surface area contributed by atoms with Crippen molar-refractivity contribution in [2.75, 3.05) is 6.61 Å². The normalized spacial score (nSPS) is 32.6. The zero-order valence-electron chi connectivity index (χ0n) is 9.82. The van der Waals surface area contributed by atoms with Crippen molar-refractivity contribution in [3.8, 4) is 0 Å². The highest BCUT2D eigenvalue weighted by Crippen LogP contribution is 2.56. The summed E-state index contributed by atoms with van der Waals surface area (Å²) in [6.45, 7) is 5.09. The largest absolute Gasteiger partial charge is 0.443 e. The summed E-state index contributed by atoms with van der Waals surface area (Å²) in [6.07, 6.45) is 0.417. The number of piperidine rings is 1. The van der Waals surface area contributed by atoms with E-state index in [1.807, 2.05) is 0 Å². The van der Waals surface area contributed by atoms with E-state index < -0.39 is 17.2 Å². The lowest BCUT2D eigenvalue weighted by Gasteiger charge is -2.28. The third-order valence-electron chi connectivity index (χ3n) is 3.17. The van der Waals surface area contributed by atoms with Gasteiger partial charge in [-0.1, -0.05) is 0 Å². The first-order valence-electron chi connectivity index (χ1n) is 5.47. The molecule has 5 heteroatoms. The minimum absolute atomic E-state index is 0.123. The average Bonchev–Trinajstić information content (AvgIpc) is 2.70. The molecule has 2 rings (SSSR count). The Morgan fingerprint density at radius 2 is 2.25 bits per heavy atom. The molecule has 2 amide bonds. The molecular weight excluding hydrogens is 210 g/mol. The minimum Gasteiger partial charge on any atom is -0.443 e. The molecule has 0 spiro atoms. The number of ether oxygens (including phenoxy) is 1. The average molecular weight is 227 g/mol. The molecule has 0 aromatic heterocycles. The first kappa shape index (κ1) is 11.4. The molecule has 1 aliphatic heterocycles. The highest BCUT2D eigenvalue weighted by Gasteiger charge is 2.67. The number of aliphatic hydroxyl groups is 1. The summed E-state index contributed by atoms with van der Waals surface area (Å²) in [5, 5.41) is 9.30. The number of likely N-dealkylation sites (tertiary alicyclic amines) is 1. The SMILES string of the molecule is CC(C)(C)OC(=O)N1C(=O)C[C@@H]2C[C@@]21CO. The first-order valence-corrected chi connectivity index (χ1v) is 5.47. The van der Waals surface area contributed by atoms with E-state index >= 15 is 0 Å². The maximum atomic E-state index is 11.8. The monoisotopic (exact) mass is 227 g/mol. The van der Waals surface area contributed by atoms with Crippen LogP contribution in [-0.2, 0) is 9.53 Å². The molecule has 0 aromatic rings. The Labute approximate surface area is 94.4 Å². The molecule has 1 heterocycles. The fraction of sp³-hybridized carbons (Fsp3) is 0.818. The van der Waals surface area contributed by atoms with Gasteiger partial charge >= 0.3 is 6.09 Å². The van der Waals surface area contributed by atoms with Gasteiger partial charge in [0, 0.05) is 6.42 Å². The van der Waals surface area contributed by atoms with E-state index in [1.165, 1.54) is 0 Å². The van der Waals surface area contributed by atoms with Crippen molar-refractivity contribution in [2.45, 2.75) is 44.8 Å². The van der Waals surface area contributed by atoms with Crippen molar-refractivity contribution in [3.05, 3.63) is 0 Å². The molecule has 2 fully saturated rings. The number of hydrogen-bond donors (Lipinski definition) is 1. The third-order valence-corrected chi connectivity index (χ3v) is 3.17. The van der Waals surface area contributed by atoms with Crippen molar-refractivity contribution in [1.82, 2.24) is 4.90 Å². The maximum Gasteiger partial charge on any atom is 0.417 e. The Kier molecular flexibility index (Phi) is 2.28. The molecule has 1 saturated heterocycles. The summed E-state index contributed by atoms with van der Waals surface area (Å²) >= 11 is 0.